The van der Waals surface area contributed by atoms with E-state index in [2.05, 4.69) is 11.3 Å². The molecule has 0 bridgehead atoms. The van der Waals surface area contributed by atoms with Gasteiger partial charge in [0.05, 0.1) is 4.90 Å². The first-order chi connectivity index (χ1) is 9.90. The van der Waals surface area contributed by atoms with Crippen molar-refractivity contribution >= 4 is 21.7 Å². The number of hydrogen-bond donors (Lipinski definition) is 2. The molecule has 0 amide bonds. The summed E-state index contributed by atoms with van der Waals surface area (Å²) in [6, 6.07) is 6.11. The number of aliphatic carboxylic acids is 1. The van der Waals surface area contributed by atoms with Crippen LogP contribution in [0.1, 0.15) is 13.3 Å². The summed E-state index contributed by atoms with van der Waals surface area (Å²) in [4.78, 5) is 12.6. The summed E-state index contributed by atoms with van der Waals surface area (Å²) in [5.74, 6) is -0.960. The Morgan fingerprint density at radius 2 is 2.00 bits per heavy atom. The van der Waals surface area contributed by atoms with Gasteiger partial charge < -0.3 is 10.0 Å². The Bertz CT molecular complexity index is 581. The summed E-state index contributed by atoms with van der Waals surface area (Å²) in [7, 11) is -3.51. The monoisotopic (exact) mass is 312 g/mol. The fourth-order valence-electron chi connectivity index (χ4n) is 1.74. The molecular formula is C14H20N2O4S. The van der Waals surface area contributed by atoms with Crippen LogP contribution in [0, 0.1) is 0 Å². The standard InChI is InChI=1S/C14H20N2O4S/c1-3-9-15-21(19,20)13-7-5-12(6-8-13)16(10-4-2)11-14(17)18/h4-8,15H,2-3,9-11H2,1H3,(H,17,18). The third-order valence-electron chi connectivity index (χ3n) is 2.73. The van der Waals surface area contributed by atoms with E-state index in [1.54, 1.807) is 23.1 Å². The van der Waals surface area contributed by atoms with Gasteiger partial charge in [-0.25, -0.2) is 13.1 Å². The van der Waals surface area contributed by atoms with Crippen molar-refractivity contribution in [1.82, 2.24) is 4.72 Å². The number of rotatable bonds is 9. The van der Waals surface area contributed by atoms with Crippen LogP contribution >= 0.6 is 0 Å². The Hall–Kier alpha value is -1.86. The minimum atomic E-state index is -3.51. The van der Waals surface area contributed by atoms with Crippen molar-refractivity contribution in [3.05, 3.63) is 36.9 Å². The number of hydrogen-bond acceptors (Lipinski definition) is 4. The van der Waals surface area contributed by atoms with Gasteiger partial charge in [0.2, 0.25) is 10.0 Å². The second-order valence-electron chi connectivity index (χ2n) is 4.45. The van der Waals surface area contributed by atoms with Crippen molar-refractivity contribution in [3.8, 4) is 0 Å². The quantitative estimate of drug-likeness (QED) is 0.674. The van der Waals surface area contributed by atoms with E-state index in [0.29, 0.717) is 25.2 Å². The number of benzene rings is 1. The van der Waals surface area contributed by atoms with Gasteiger partial charge in [-0.2, -0.15) is 0 Å². The number of anilines is 1. The van der Waals surface area contributed by atoms with Crippen LogP contribution in [0.25, 0.3) is 0 Å². The zero-order chi connectivity index (χ0) is 15.9. The zero-order valence-electron chi connectivity index (χ0n) is 11.9. The number of carbonyl (C=O) groups is 1. The molecule has 0 aliphatic carbocycles. The van der Waals surface area contributed by atoms with Crippen LogP contribution in [0.2, 0.25) is 0 Å². The second-order valence-corrected chi connectivity index (χ2v) is 6.22. The van der Waals surface area contributed by atoms with Gasteiger partial charge in [0.25, 0.3) is 0 Å². The Labute approximate surface area is 125 Å². The molecule has 0 fully saturated rings. The summed E-state index contributed by atoms with van der Waals surface area (Å²) in [6.45, 7) is 6.04. The molecule has 1 aromatic rings. The molecule has 0 saturated heterocycles. The molecular weight excluding hydrogens is 292 g/mol. The maximum Gasteiger partial charge on any atom is 0.323 e. The summed E-state index contributed by atoms with van der Waals surface area (Å²) in [6.07, 6.45) is 2.30. The third-order valence-corrected chi connectivity index (χ3v) is 4.21. The summed E-state index contributed by atoms with van der Waals surface area (Å²) in [5, 5.41) is 8.87. The third kappa shape index (κ3) is 5.20. The fraction of sp³-hybridized carbons (Fsp3) is 0.357. The van der Waals surface area contributed by atoms with E-state index < -0.39 is 16.0 Å². The fourth-order valence-corrected chi connectivity index (χ4v) is 2.87. The molecule has 1 aromatic carbocycles. The highest BCUT2D eigenvalue weighted by Gasteiger charge is 2.14. The topological polar surface area (TPSA) is 86.7 Å². The van der Waals surface area contributed by atoms with Gasteiger partial charge in [-0.15, -0.1) is 6.58 Å². The predicted molar refractivity (Wildman–Crippen MR) is 82.0 cm³/mol. The van der Waals surface area contributed by atoms with Gasteiger partial charge >= 0.3 is 5.97 Å². The Balaban J connectivity index is 2.94. The lowest BCUT2D eigenvalue weighted by Crippen LogP contribution is -2.30. The van der Waals surface area contributed by atoms with Crippen molar-refractivity contribution in [2.75, 3.05) is 24.5 Å². The highest BCUT2D eigenvalue weighted by molar-refractivity contribution is 7.89. The van der Waals surface area contributed by atoms with Crippen LogP contribution in [0.15, 0.2) is 41.8 Å². The number of nitrogens with one attached hydrogen (secondary N) is 1. The van der Waals surface area contributed by atoms with Gasteiger partial charge in [-0.3, -0.25) is 4.79 Å². The van der Waals surface area contributed by atoms with E-state index in [-0.39, 0.29) is 11.4 Å². The first-order valence-corrected chi connectivity index (χ1v) is 8.06. The molecule has 0 aliphatic heterocycles. The normalized spacial score (nSPS) is 11.1. The largest absolute Gasteiger partial charge is 0.480 e. The van der Waals surface area contributed by atoms with Crippen LogP contribution in [-0.4, -0.2) is 39.1 Å². The molecule has 0 aromatic heterocycles. The molecule has 0 saturated carbocycles. The van der Waals surface area contributed by atoms with Crippen LogP contribution in [-0.2, 0) is 14.8 Å². The van der Waals surface area contributed by atoms with Gasteiger partial charge in [0.1, 0.15) is 6.54 Å². The molecule has 6 nitrogen and oxygen atoms in total. The van der Waals surface area contributed by atoms with E-state index in [1.165, 1.54) is 12.1 Å². The summed E-state index contributed by atoms with van der Waals surface area (Å²) >= 11 is 0. The van der Waals surface area contributed by atoms with Gasteiger partial charge in [0, 0.05) is 18.8 Å². The lowest BCUT2D eigenvalue weighted by atomic mass is 10.3. The van der Waals surface area contributed by atoms with E-state index >= 15 is 0 Å². The number of sulfonamides is 1. The average molecular weight is 312 g/mol. The molecule has 0 atom stereocenters. The second kappa shape index (κ2) is 7.80. The smallest absolute Gasteiger partial charge is 0.323 e. The van der Waals surface area contributed by atoms with Gasteiger partial charge in [-0.1, -0.05) is 13.0 Å². The number of nitrogens with zero attached hydrogens (tertiary/aromatic N) is 1. The molecule has 0 spiro atoms. The molecule has 0 unspecified atom stereocenters. The average Bonchev–Trinajstić information content (AvgIpc) is 2.44. The Kier molecular flexibility index (Phi) is 6.39. The number of carboxylic acids is 1. The van der Waals surface area contributed by atoms with Crippen molar-refractivity contribution in [3.63, 3.8) is 0 Å². The lowest BCUT2D eigenvalue weighted by Gasteiger charge is -2.21. The highest BCUT2D eigenvalue weighted by Crippen LogP contribution is 2.18. The zero-order valence-corrected chi connectivity index (χ0v) is 12.8. The van der Waals surface area contributed by atoms with E-state index in [1.807, 2.05) is 6.92 Å². The minimum Gasteiger partial charge on any atom is -0.480 e. The molecule has 0 aliphatic rings. The van der Waals surface area contributed by atoms with E-state index in [4.69, 9.17) is 5.11 Å². The number of carboxylic acid groups (broad SMARTS) is 1. The lowest BCUT2D eigenvalue weighted by molar-refractivity contribution is -0.135. The van der Waals surface area contributed by atoms with E-state index in [0.717, 1.165) is 0 Å². The van der Waals surface area contributed by atoms with Crippen molar-refractivity contribution < 1.29 is 18.3 Å². The van der Waals surface area contributed by atoms with E-state index in [9.17, 15) is 13.2 Å². The first kappa shape index (κ1) is 17.2. The van der Waals surface area contributed by atoms with Crippen molar-refractivity contribution in [2.45, 2.75) is 18.2 Å². The van der Waals surface area contributed by atoms with Crippen molar-refractivity contribution in [2.24, 2.45) is 0 Å². The van der Waals surface area contributed by atoms with Crippen LogP contribution in [0.3, 0.4) is 0 Å². The summed E-state index contributed by atoms with van der Waals surface area (Å²) in [5.41, 5.74) is 0.631. The molecule has 0 heterocycles. The molecule has 116 valence electrons. The van der Waals surface area contributed by atoms with Crippen molar-refractivity contribution in [1.29, 1.82) is 0 Å². The molecule has 0 radical (unpaired) electrons. The maximum atomic E-state index is 11.9. The molecule has 21 heavy (non-hydrogen) atoms. The molecule has 7 heteroatoms. The highest BCUT2D eigenvalue weighted by atomic mass is 32.2. The van der Waals surface area contributed by atoms with Crippen LogP contribution in [0.4, 0.5) is 5.69 Å². The Morgan fingerprint density at radius 1 is 1.38 bits per heavy atom. The molecule has 1 rings (SSSR count). The minimum absolute atomic E-state index is 0.161. The SMILES string of the molecule is C=CCN(CC(=O)O)c1ccc(S(=O)(=O)NCCC)cc1. The van der Waals surface area contributed by atoms with Gasteiger partial charge in [0.15, 0.2) is 0 Å². The Morgan fingerprint density at radius 3 is 2.48 bits per heavy atom. The predicted octanol–water partition coefficient (Wildman–Crippen LogP) is 1.45. The molecule has 2 N–H and O–H groups in total. The van der Waals surface area contributed by atoms with Crippen LogP contribution < -0.4 is 9.62 Å². The first-order valence-electron chi connectivity index (χ1n) is 6.58. The maximum absolute atomic E-state index is 11.9. The summed E-state index contributed by atoms with van der Waals surface area (Å²) < 4.78 is 26.4. The van der Waals surface area contributed by atoms with Gasteiger partial charge in [-0.05, 0) is 30.7 Å². The van der Waals surface area contributed by atoms with Crippen LogP contribution in [0.5, 0.6) is 0 Å².